The summed E-state index contributed by atoms with van der Waals surface area (Å²) in [5.41, 5.74) is 0. The molecule has 16 heavy (non-hydrogen) atoms. The fourth-order valence-corrected chi connectivity index (χ4v) is 1.84. The van der Waals surface area contributed by atoms with Crippen molar-refractivity contribution in [2.24, 2.45) is 5.92 Å². The van der Waals surface area contributed by atoms with E-state index in [4.69, 9.17) is 16.3 Å². The molecule has 1 aliphatic heterocycles. The number of ether oxygens (including phenoxy) is 1. The highest BCUT2D eigenvalue weighted by Crippen LogP contribution is 2.22. The van der Waals surface area contributed by atoms with Crippen molar-refractivity contribution in [1.29, 1.82) is 0 Å². The molecule has 0 radical (unpaired) electrons. The van der Waals surface area contributed by atoms with Gasteiger partial charge in [-0.2, -0.15) is 0 Å². The number of anilines is 1. The number of carbonyl (C=O) groups is 1. The summed E-state index contributed by atoms with van der Waals surface area (Å²) in [7, 11) is 0. The Bertz CT molecular complexity index is 399. The van der Waals surface area contributed by atoms with Gasteiger partial charge in [-0.1, -0.05) is 11.6 Å². The summed E-state index contributed by atoms with van der Waals surface area (Å²) in [6, 6.07) is 1.51. The molecule has 2 unspecified atom stereocenters. The maximum Gasteiger partial charge on any atom is 0.231 e. The van der Waals surface area contributed by atoms with Gasteiger partial charge in [0, 0.05) is 12.7 Å². The number of aromatic nitrogens is 2. The zero-order valence-corrected chi connectivity index (χ0v) is 9.57. The molecule has 2 atom stereocenters. The van der Waals surface area contributed by atoms with Gasteiger partial charge in [-0.25, -0.2) is 9.97 Å². The van der Waals surface area contributed by atoms with E-state index >= 15 is 0 Å². The number of hydrogen-bond acceptors (Lipinski definition) is 4. The number of amides is 1. The average Bonchev–Trinajstić information content (AvgIpc) is 2.64. The lowest BCUT2D eigenvalue weighted by Gasteiger charge is -2.13. The molecule has 1 saturated heterocycles. The van der Waals surface area contributed by atoms with Crippen molar-refractivity contribution in [1.82, 2.24) is 9.97 Å². The topological polar surface area (TPSA) is 64.1 Å². The predicted octanol–water partition coefficient (Wildman–Crippen LogP) is 1.49. The molecule has 1 amide bonds. The van der Waals surface area contributed by atoms with Crippen molar-refractivity contribution < 1.29 is 9.53 Å². The number of rotatable bonds is 2. The number of nitrogens with zero attached hydrogens (tertiary/aromatic N) is 2. The minimum atomic E-state index is -0.117. The molecule has 0 bridgehead atoms. The highest BCUT2D eigenvalue weighted by molar-refractivity contribution is 6.29. The van der Waals surface area contributed by atoms with Crippen molar-refractivity contribution in [2.75, 3.05) is 11.9 Å². The molecule has 0 spiro atoms. The van der Waals surface area contributed by atoms with E-state index in [1.807, 2.05) is 6.92 Å². The lowest BCUT2D eigenvalue weighted by atomic mass is 10.0. The van der Waals surface area contributed by atoms with Crippen molar-refractivity contribution >= 4 is 23.3 Å². The van der Waals surface area contributed by atoms with Crippen LogP contribution in [0, 0.1) is 5.92 Å². The van der Waals surface area contributed by atoms with E-state index in [2.05, 4.69) is 15.3 Å². The molecule has 86 valence electrons. The standard InChI is InChI=1S/C10H12ClN3O2/c1-6-7(2-3-16-6)10(15)14-9-4-8(11)12-5-13-9/h4-7H,2-3H2,1H3,(H,12,13,14,15). The van der Waals surface area contributed by atoms with E-state index in [0.29, 0.717) is 17.6 Å². The van der Waals surface area contributed by atoms with Crippen LogP contribution in [-0.4, -0.2) is 28.6 Å². The third-order valence-corrected chi connectivity index (χ3v) is 2.80. The SMILES string of the molecule is CC1OCCC1C(=O)Nc1cc(Cl)ncn1. The highest BCUT2D eigenvalue weighted by Gasteiger charge is 2.30. The highest BCUT2D eigenvalue weighted by atomic mass is 35.5. The van der Waals surface area contributed by atoms with Gasteiger partial charge in [-0.3, -0.25) is 4.79 Å². The molecule has 6 heteroatoms. The Morgan fingerprint density at radius 1 is 1.62 bits per heavy atom. The molecule has 0 aliphatic carbocycles. The average molecular weight is 242 g/mol. The molecule has 1 fully saturated rings. The lowest BCUT2D eigenvalue weighted by molar-refractivity contribution is -0.121. The Kier molecular flexibility index (Phi) is 3.36. The van der Waals surface area contributed by atoms with Gasteiger partial charge in [0.15, 0.2) is 0 Å². The lowest BCUT2D eigenvalue weighted by Crippen LogP contribution is -2.28. The second-order valence-electron chi connectivity index (χ2n) is 3.69. The van der Waals surface area contributed by atoms with Crippen LogP contribution in [0.5, 0.6) is 0 Å². The van der Waals surface area contributed by atoms with Crippen LogP contribution in [0.25, 0.3) is 0 Å². The molecule has 1 aromatic rings. The van der Waals surface area contributed by atoms with E-state index in [-0.39, 0.29) is 17.9 Å². The second-order valence-corrected chi connectivity index (χ2v) is 4.07. The Hall–Kier alpha value is -1.20. The van der Waals surface area contributed by atoms with Crippen LogP contribution in [0.15, 0.2) is 12.4 Å². The third-order valence-electron chi connectivity index (χ3n) is 2.60. The molecular formula is C10H12ClN3O2. The first kappa shape index (κ1) is 11.3. The fraction of sp³-hybridized carbons (Fsp3) is 0.500. The predicted molar refractivity (Wildman–Crippen MR) is 59.2 cm³/mol. The molecule has 2 rings (SSSR count). The number of nitrogens with one attached hydrogen (secondary N) is 1. The molecule has 1 aromatic heterocycles. The summed E-state index contributed by atoms with van der Waals surface area (Å²) in [6.07, 6.45) is 2.01. The summed E-state index contributed by atoms with van der Waals surface area (Å²) in [6.45, 7) is 2.52. The largest absolute Gasteiger partial charge is 0.378 e. The maximum absolute atomic E-state index is 11.8. The van der Waals surface area contributed by atoms with Gasteiger partial charge in [-0.05, 0) is 13.3 Å². The Morgan fingerprint density at radius 3 is 3.06 bits per heavy atom. The van der Waals surface area contributed by atoms with Gasteiger partial charge in [0.1, 0.15) is 17.3 Å². The molecular weight excluding hydrogens is 230 g/mol. The Morgan fingerprint density at radius 2 is 2.44 bits per heavy atom. The van der Waals surface area contributed by atoms with Crippen molar-refractivity contribution in [3.63, 3.8) is 0 Å². The van der Waals surface area contributed by atoms with Crippen LogP contribution in [0.1, 0.15) is 13.3 Å². The zero-order valence-electron chi connectivity index (χ0n) is 8.81. The first-order chi connectivity index (χ1) is 7.66. The molecule has 0 aromatic carbocycles. The van der Waals surface area contributed by atoms with Crippen LogP contribution in [-0.2, 0) is 9.53 Å². The van der Waals surface area contributed by atoms with Crippen molar-refractivity contribution in [3.05, 3.63) is 17.5 Å². The van der Waals surface area contributed by atoms with E-state index < -0.39 is 0 Å². The quantitative estimate of drug-likeness (QED) is 0.797. The first-order valence-electron chi connectivity index (χ1n) is 5.07. The summed E-state index contributed by atoms with van der Waals surface area (Å²) in [5.74, 6) is 0.220. The van der Waals surface area contributed by atoms with E-state index in [1.54, 1.807) is 0 Å². The van der Waals surface area contributed by atoms with Crippen LogP contribution in [0.4, 0.5) is 5.82 Å². The van der Waals surface area contributed by atoms with Gasteiger partial charge in [-0.15, -0.1) is 0 Å². The summed E-state index contributed by atoms with van der Waals surface area (Å²) in [4.78, 5) is 19.5. The third kappa shape index (κ3) is 2.48. The monoisotopic (exact) mass is 241 g/mol. The molecule has 2 heterocycles. The summed E-state index contributed by atoms with van der Waals surface area (Å²) >= 11 is 5.69. The van der Waals surface area contributed by atoms with E-state index in [1.165, 1.54) is 12.4 Å². The Labute approximate surface area is 98.2 Å². The second kappa shape index (κ2) is 4.76. The molecule has 1 aliphatic rings. The van der Waals surface area contributed by atoms with Gasteiger partial charge in [0.25, 0.3) is 0 Å². The van der Waals surface area contributed by atoms with Gasteiger partial charge >= 0.3 is 0 Å². The molecule has 5 nitrogen and oxygen atoms in total. The van der Waals surface area contributed by atoms with Crippen LogP contribution >= 0.6 is 11.6 Å². The number of hydrogen-bond donors (Lipinski definition) is 1. The minimum absolute atomic E-state index is 0.0442. The van der Waals surface area contributed by atoms with Crippen molar-refractivity contribution in [2.45, 2.75) is 19.4 Å². The maximum atomic E-state index is 11.8. The Balaban J connectivity index is 2.02. The summed E-state index contributed by atoms with van der Waals surface area (Å²) < 4.78 is 5.33. The van der Waals surface area contributed by atoms with Crippen LogP contribution in [0.3, 0.4) is 0 Å². The smallest absolute Gasteiger partial charge is 0.231 e. The molecule has 0 saturated carbocycles. The minimum Gasteiger partial charge on any atom is -0.378 e. The number of carbonyl (C=O) groups excluding carboxylic acids is 1. The van der Waals surface area contributed by atoms with Crippen LogP contribution < -0.4 is 5.32 Å². The first-order valence-corrected chi connectivity index (χ1v) is 5.44. The van der Waals surface area contributed by atoms with Gasteiger partial charge in [0.05, 0.1) is 12.0 Å². The molecule has 1 N–H and O–H groups in total. The van der Waals surface area contributed by atoms with Gasteiger partial charge in [0.2, 0.25) is 5.91 Å². The van der Waals surface area contributed by atoms with E-state index in [0.717, 1.165) is 6.42 Å². The van der Waals surface area contributed by atoms with Gasteiger partial charge < -0.3 is 10.1 Å². The normalized spacial score (nSPS) is 24.4. The van der Waals surface area contributed by atoms with Crippen molar-refractivity contribution in [3.8, 4) is 0 Å². The van der Waals surface area contributed by atoms with Crippen LogP contribution in [0.2, 0.25) is 5.15 Å². The zero-order chi connectivity index (χ0) is 11.5. The fourth-order valence-electron chi connectivity index (χ4n) is 1.70. The number of halogens is 1. The van der Waals surface area contributed by atoms with E-state index in [9.17, 15) is 4.79 Å². The summed E-state index contributed by atoms with van der Waals surface area (Å²) in [5, 5.41) is 3.01.